The molecule has 5 nitrogen and oxygen atoms in total. The molecule has 136 valence electrons. The highest BCUT2D eigenvalue weighted by Gasteiger charge is 2.37. The van der Waals surface area contributed by atoms with E-state index < -0.39 is 5.50 Å². The van der Waals surface area contributed by atoms with E-state index in [0.717, 1.165) is 51.7 Å². The molecule has 0 aromatic carbocycles. The normalized spacial score (nSPS) is 42.2. The molecule has 2 radical (unpaired) electrons. The van der Waals surface area contributed by atoms with Gasteiger partial charge in [-0.05, 0) is 51.9 Å². The van der Waals surface area contributed by atoms with Crippen LogP contribution in [-0.2, 0) is 23.7 Å². The lowest BCUT2D eigenvalue weighted by Crippen LogP contribution is -2.47. The molecule has 0 aliphatic carbocycles. The van der Waals surface area contributed by atoms with E-state index in [2.05, 4.69) is 6.92 Å². The van der Waals surface area contributed by atoms with E-state index in [1.807, 2.05) is 0 Å². The Morgan fingerprint density at radius 3 is 2.67 bits per heavy atom. The van der Waals surface area contributed by atoms with Crippen LogP contribution in [0.25, 0.3) is 0 Å². The molecule has 6 heteroatoms. The Bertz CT molecular complexity index is 374. The van der Waals surface area contributed by atoms with E-state index in [9.17, 15) is 0 Å². The Hall–Kier alpha value is -0.135. The minimum Gasteiger partial charge on any atom is -0.378 e. The van der Waals surface area contributed by atoms with Crippen LogP contribution in [0.1, 0.15) is 64.7 Å². The molecular formula is C18H31BO5. The number of ether oxygens (including phenoxy) is 5. The van der Waals surface area contributed by atoms with Gasteiger partial charge in [0.05, 0.1) is 18.8 Å². The average molecular weight is 338 g/mol. The minimum absolute atomic E-state index is 0.177. The number of hydrogen-bond donors (Lipinski definition) is 0. The first kappa shape index (κ1) is 18.6. The summed E-state index contributed by atoms with van der Waals surface area (Å²) in [6, 6.07) is 0. The largest absolute Gasteiger partial charge is 0.378 e. The molecule has 3 rings (SSSR count). The zero-order chi connectivity index (χ0) is 16.8. The Kier molecular flexibility index (Phi) is 6.99. The summed E-state index contributed by atoms with van der Waals surface area (Å²) in [6.07, 6.45) is 8.54. The van der Waals surface area contributed by atoms with Crippen molar-refractivity contribution in [2.45, 2.75) is 95.0 Å². The molecule has 3 saturated heterocycles. The van der Waals surface area contributed by atoms with Crippen LogP contribution in [0.3, 0.4) is 0 Å². The van der Waals surface area contributed by atoms with Crippen molar-refractivity contribution in [2.75, 3.05) is 19.8 Å². The SMILES string of the molecule is [B]C1(OC2CCCCCO2)CCOC(OC2CCOC(C)CC2)C1. The summed E-state index contributed by atoms with van der Waals surface area (Å²) < 4.78 is 29.6. The molecule has 0 aromatic heterocycles. The molecule has 0 N–H and O–H groups in total. The van der Waals surface area contributed by atoms with Crippen molar-refractivity contribution in [3.8, 4) is 0 Å². The lowest BCUT2D eigenvalue weighted by atomic mass is 9.74. The molecule has 5 atom stereocenters. The highest BCUT2D eigenvalue weighted by molar-refractivity contribution is 6.14. The highest BCUT2D eigenvalue weighted by atomic mass is 16.7. The second-order valence-electron chi connectivity index (χ2n) is 7.39. The van der Waals surface area contributed by atoms with E-state index in [1.165, 1.54) is 6.42 Å². The van der Waals surface area contributed by atoms with Crippen molar-refractivity contribution in [1.82, 2.24) is 0 Å². The molecule has 3 aliphatic heterocycles. The Labute approximate surface area is 147 Å². The fraction of sp³-hybridized carbons (Fsp3) is 1.00. The molecule has 0 aromatic rings. The zero-order valence-corrected chi connectivity index (χ0v) is 14.9. The molecule has 3 aliphatic rings. The standard InChI is InChI=1S/C18H31BO5/c1-14-6-7-15(8-11-20-14)23-17-13-18(19,9-12-22-17)24-16-5-3-2-4-10-21-16/h14-17H,2-13H2,1H3. The summed E-state index contributed by atoms with van der Waals surface area (Å²) in [5.41, 5.74) is -0.716. The van der Waals surface area contributed by atoms with Gasteiger partial charge in [0.15, 0.2) is 12.6 Å². The summed E-state index contributed by atoms with van der Waals surface area (Å²) in [5, 5.41) is 0. The van der Waals surface area contributed by atoms with Gasteiger partial charge in [-0.2, -0.15) is 0 Å². The van der Waals surface area contributed by atoms with E-state index in [-0.39, 0.29) is 18.7 Å². The van der Waals surface area contributed by atoms with Gasteiger partial charge in [0.25, 0.3) is 0 Å². The van der Waals surface area contributed by atoms with Gasteiger partial charge >= 0.3 is 0 Å². The van der Waals surface area contributed by atoms with Gasteiger partial charge in [-0.15, -0.1) is 0 Å². The molecule has 3 fully saturated rings. The van der Waals surface area contributed by atoms with E-state index in [1.54, 1.807) is 0 Å². The van der Waals surface area contributed by atoms with Crippen LogP contribution in [0.4, 0.5) is 0 Å². The average Bonchev–Trinajstić information content (AvgIpc) is 2.90. The predicted octanol–water partition coefficient (Wildman–Crippen LogP) is 2.90. The van der Waals surface area contributed by atoms with Crippen molar-refractivity contribution in [2.24, 2.45) is 0 Å². The van der Waals surface area contributed by atoms with E-state index >= 15 is 0 Å². The minimum atomic E-state index is -0.716. The molecule has 0 bridgehead atoms. The van der Waals surface area contributed by atoms with Gasteiger partial charge in [0.1, 0.15) is 7.85 Å². The van der Waals surface area contributed by atoms with Crippen molar-refractivity contribution < 1.29 is 23.7 Å². The van der Waals surface area contributed by atoms with Crippen molar-refractivity contribution in [3.05, 3.63) is 0 Å². The third-order valence-corrected chi connectivity index (χ3v) is 5.18. The van der Waals surface area contributed by atoms with Gasteiger partial charge in [-0.25, -0.2) is 0 Å². The van der Waals surface area contributed by atoms with Gasteiger partial charge in [-0.3, -0.25) is 0 Å². The summed E-state index contributed by atoms with van der Waals surface area (Å²) in [5.74, 6) is 0. The monoisotopic (exact) mass is 338 g/mol. The van der Waals surface area contributed by atoms with Crippen LogP contribution in [-0.4, -0.2) is 58.0 Å². The Balaban J connectivity index is 1.49. The fourth-order valence-corrected chi connectivity index (χ4v) is 3.64. The first-order valence-corrected chi connectivity index (χ1v) is 9.60. The summed E-state index contributed by atoms with van der Waals surface area (Å²) >= 11 is 0. The lowest BCUT2D eigenvalue weighted by molar-refractivity contribution is -0.255. The maximum atomic E-state index is 6.50. The van der Waals surface area contributed by atoms with Crippen LogP contribution >= 0.6 is 0 Å². The van der Waals surface area contributed by atoms with Crippen LogP contribution in [0.2, 0.25) is 0 Å². The van der Waals surface area contributed by atoms with Gasteiger partial charge in [-0.1, -0.05) is 6.42 Å². The molecule has 24 heavy (non-hydrogen) atoms. The van der Waals surface area contributed by atoms with Crippen molar-refractivity contribution in [1.29, 1.82) is 0 Å². The second-order valence-corrected chi connectivity index (χ2v) is 7.39. The van der Waals surface area contributed by atoms with Gasteiger partial charge < -0.3 is 23.7 Å². The van der Waals surface area contributed by atoms with Crippen LogP contribution in [0, 0.1) is 0 Å². The predicted molar refractivity (Wildman–Crippen MR) is 90.9 cm³/mol. The molecule has 5 unspecified atom stereocenters. The first-order valence-electron chi connectivity index (χ1n) is 9.60. The maximum absolute atomic E-state index is 6.50. The molecular weight excluding hydrogens is 307 g/mol. The summed E-state index contributed by atoms with van der Waals surface area (Å²) in [4.78, 5) is 0. The van der Waals surface area contributed by atoms with Gasteiger partial charge in [0, 0.05) is 25.1 Å². The third-order valence-electron chi connectivity index (χ3n) is 5.18. The summed E-state index contributed by atoms with van der Waals surface area (Å²) in [6.45, 7) is 4.19. The van der Waals surface area contributed by atoms with Crippen LogP contribution in [0.5, 0.6) is 0 Å². The van der Waals surface area contributed by atoms with Crippen LogP contribution < -0.4 is 0 Å². The topological polar surface area (TPSA) is 46.2 Å². The van der Waals surface area contributed by atoms with Gasteiger partial charge in [0.2, 0.25) is 0 Å². The molecule has 0 amide bonds. The maximum Gasteiger partial charge on any atom is 0.159 e. The third kappa shape index (κ3) is 5.70. The smallest absolute Gasteiger partial charge is 0.159 e. The van der Waals surface area contributed by atoms with E-state index in [0.29, 0.717) is 25.6 Å². The zero-order valence-electron chi connectivity index (χ0n) is 14.9. The number of rotatable bonds is 4. The fourth-order valence-electron chi connectivity index (χ4n) is 3.64. The Morgan fingerprint density at radius 2 is 1.75 bits per heavy atom. The quantitative estimate of drug-likeness (QED) is 0.738. The van der Waals surface area contributed by atoms with Crippen molar-refractivity contribution >= 4 is 7.85 Å². The number of hydrogen-bond acceptors (Lipinski definition) is 5. The molecule has 3 heterocycles. The second kappa shape index (κ2) is 8.99. The van der Waals surface area contributed by atoms with Crippen molar-refractivity contribution in [3.63, 3.8) is 0 Å². The highest BCUT2D eigenvalue weighted by Crippen LogP contribution is 2.31. The Morgan fingerprint density at radius 1 is 0.875 bits per heavy atom. The van der Waals surface area contributed by atoms with Crippen LogP contribution in [0.15, 0.2) is 0 Å². The molecule has 0 spiro atoms. The first-order chi connectivity index (χ1) is 11.6. The molecule has 0 saturated carbocycles. The lowest BCUT2D eigenvalue weighted by Gasteiger charge is -2.41. The van der Waals surface area contributed by atoms with E-state index in [4.69, 9.17) is 31.5 Å². The summed E-state index contributed by atoms with van der Waals surface area (Å²) in [7, 11) is 6.50.